The molecule has 0 unspecified atom stereocenters. The van der Waals surface area contributed by atoms with Gasteiger partial charge in [0.15, 0.2) is 0 Å². The lowest BCUT2D eigenvalue weighted by Gasteiger charge is -2.17. The van der Waals surface area contributed by atoms with Gasteiger partial charge in [0.05, 0.1) is 24.3 Å². The van der Waals surface area contributed by atoms with Crippen LogP contribution in [-0.2, 0) is 11.3 Å². The van der Waals surface area contributed by atoms with Gasteiger partial charge < -0.3 is 10.1 Å². The summed E-state index contributed by atoms with van der Waals surface area (Å²) in [5, 5.41) is 13.5. The fourth-order valence-corrected chi connectivity index (χ4v) is 2.29. The Labute approximate surface area is 140 Å². The Hall–Kier alpha value is -2.93. The maximum atomic E-state index is 12.2. The maximum absolute atomic E-state index is 12.2. The summed E-state index contributed by atoms with van der Waals surface area (Å²) < 4.78 is 5.13. The summed E-state index contributed by atoms with van der Waals surface area (Å²) in [4.78, 5) is 24.4. The number of nitro benzene ring substituents is 1. The molecule has 1 amide bonds. The van der Waals surface area contributed by atoms with E-state index in [9.17, 15) is 14.9 Å². The number of methoxy groups -OCH3 is 1. The van der Waals surface area contributed by atoms with E-state index in [2.05, 4.69) is 5.32 Å². The minimum Gasteiger partial charge on any atom is -0.495 e. The van der Waals surface area contributed by atoms with E-state index >= 15 is 0 Å². The average Bonchev–Trinajstić information content (AvgIpc) is 2.55. The number of nitrogens with one attached hydrogen (secondary N) is 1. The van der Waals surface area contributed by atoms with Gasteiger partial charge in [0.2, 0.25) is 5.91 Å². The molecule has 0 fully saturated rings. The molecule has 1 N–H and O–H groups in total. The van der Waals surface area contributed by atoms with E-state index in [1.54, 1.807) is 0 Å². The summed E-state index contributed by atoms with van der Waals surface area (Å²) in [6.07, 6.45) is 0. The van der Waals surface area contributed by atoms with Crippen LogP contribution in [0.2, 0.25) is 0 Å². The molecule has 0 aliphatic heterocycles. The van der Waals surface area contributed by atoms with E-state index in [0.717, 1.165) is 5.56 Å². The molecular formula is C17H19N3O4. The molecule has 0 heterocycles. The number of hydrogen-bond donors (Lipinski definition) is 1. The Morgan fingerprint density at radius 1 is 1.25 bits per heavy atom. The second-order valence-corrected chi connectivity index (χ2v) is 5.35. The molecule has 0 radical (unpaired) electrons. The smallest absolute Gasteiger partial charge is 0.271 e. The van der Waals surface area contributed by atoms with Crippen LogP contribution in [0.25, 0.3) is 0 Å². The number of carbonyl (C=O) groups is 1. The topological polar surface area (TPSA) is 84.7 Å². The largest absolute Gasteiger partial charge is 0.495 e. The molecule has 7 heteroatoms. The first kappa shape index (κ1) is 17.4. The predicted molar refractivity (Wildman–Crippen MR) is 91.1 cm³/mol. The number of anilines is 1. The summed E-state index contributed by atoms with van der Waals surface area (Å²) >= 11 is 0. The number of amides is 1. The Bertz CT molecular complexity index is 719. The molecule has 2 aromatic rings. The number of rotatable bonds is 7. The minimum atomic E-state index is -0.517. The first-order valence-electron chi connectivity index (χ1n) is 7.34. The fraction of sp³-hybridized carbons (Fsp3) is 0.235. The first-order valence-corrected chi connectivity index (χ1v) is 7.34. The van der Waals surface area contributed by atoms with Crippen molar-refractivity contribution in [1.29, 1.82) is 0 Å². The van der Waals surface area contributed by atoms with Crippen LogP contribution in [0.15, 0.2) is 48.5 Å². The number of nitrogens with zero attached hydrogens (tertiary/aromatic N) is 2. The fourth-order valence-electron chi connectivity index (χ4n) is 2.29. The second-order valence-electron chi connectivity index (χ2n) is 5.35. The van der Waals surface area contributed by atoms with Gasteiger partial charge in [-0.2, -0.15) is 0 Å². The molecular weight excluding hydrogens is 310 g/mol. The van der Waals surface area contributed by atoms with Crippen LogP contribution >= 0.6 is 0 Å². The monoisotopic (exact) mass is 329 g/mol. The van der Waals surface area contributed by atoms with E-state index in [1.165, 1.54) is 25.3 Å². The van der Waals surface area contributed by atoms with Crippen molar-refractivity contribution in [3.05, 3.63) is 64.2 Å². The molecule has 0 atom stereocenters. The molecule has 0 saturated heterocycles. The van der Waals surface area contributed by atoms with Crippen molar-refractivity contribution in [3.63, 3.8) is 0 Å². The SMILES string of the molecule is COc1ccc([N+](=O)[O-])cc1NC(=O)CN(C)Cc1ccccc1. The molecule has 0 aliphatic carbocycles. The van der Waals surface area contributed by atoms with Crippen LogP contribution in [0.3, 0.4) is 0 Å². The predicted octanol–water partition coefficient (Wildman–Crippen LogP) is 2.67. The summed E-state index contributed by atoms with van der Waals surface area (Å²) in [6.45, 7) is 0.779. The molecule has 0 saturated carbocycles. The Balaban J connectivity index is 2.01. The Kier molecular flexibility index (Phi) is 5.86. The highest BCUT2D eigenvalue weighted by molar-refractivity contribution is 5.94. The first-order chi connectivity index (χ1) is 11.5. The second kappa shape index (κ2) is 8.07. The molecule has 24 heavy (non-hydrogen) atoms. The van der Waals surface area contributed by atoms with Crippen LogP contribution in [0, 0.1) is 10.1 Å². The van der Waals surface area contributed by atoms with Crippen LogP contribution in [0.4, 0.5) is 11.4 Å². The van der Waals surface area contributed by atoms with Crippen molar-refractivity contribution in [2.75, 3.05) is 26.0 Å². The van der Waals surface area contributed by atoms with Gasteiger partial charge in [0.1, 0.15) is 5.75 Å². The highest BCUT2D eigenvalue weighted by Crippen LogP contribution is 2.28. The lowest BCUT2D eigenvalue weighted by molar-refractivity contribution is -0.384. The number of nitro groups is 1. The van der Waals surface area contributed by atoms with E-state index in [0.29, 0.717) is 12.3 Å². The molecule has 7 nitrogen and oxygen atoms in total. The molecule has 126 valence electrons. The average molecular weight is 329 g/mol. The van der Waals surface area contributed by atoms with Crippen LogP contribution in [0.5, 0.6) is 5.75 Å². The van der Waals surface area contributed by atoms with E-state index in [4.69, 9.17) is 4.74 Å². The Morgan fingerprint density at radius 2 is 1.96 bits per heavy atom. The van der Waals surface area contributed by atoms with Crippen LogP contribution in [-0.4, -0.2) is 36.4 Å². The van der Waals surface area contributed by atoms with Gasteiger partial charge in [-0.1, -0.05) is 30.3 Å². The van der Waals surface area contributed by atoms with Gasteiger partial charge in [-0.3, -0.25) is 19.8 Å². The van der Waals surface area contributed by atoms with Crippen molar-refractivity contribution in [2.24, 2.45) is 0 Å². The van der Waals surface area contributed by atoms with Gasteiger partial charge >= 0.3 is 0 Å². The van der Waals surface area contributed by atoms with Gasteiger partial charge in [-0.15, -0.1) is 0 Å². The zero-order valence-corrected chi connectivity index (χ0v) is 13.6. The van der Waals surface area contributed by atoms with Crippen LogP contribution in [0.1, 0.15) is 5.56 Å². The van der Waals surface area contributed by atoms with E-state index < -0.39 is 4.92 Å². The zero-order valence-electron chi connectivity index (χ0n) is 13.6. The Morgan fingerprint density at radius 3 is 2.58 bits per heavy atom. The summed E-state index contributed by atoms with van der Waals surface area (Å²) in [5.41, 5.74) is 1.27. The molecule has 2 aromatic carbocycles. The van der Waals surface area contributed by atoms with Gasteiger partial charge in [-0.25, -0.2) is 0 Å². The lowest BCUT2D eigenvalue weighted by atomic mass is 10.2. The standard InChI is InChI=1S/C17H19N3O4/c1-19(11-13-6-4-3-5-7-13)12-17(21)18-15-10-14(20(22)23)8-9-16(15)24-2/h3-10H,11-12H2,1-2H3,(H,18,21). The molecule has 2 rings (SSSR count). The number of benzene rings is 2. The molecule has 0 aliphatic rings. The molecule has 0 spiro atoms. The summed E-state index contributed by atoms with van der Waals surface area (Å²) in [5.74, 6) is 0.104. The van der Waals surface area contributed by atoms with Crippen molar-refractivity contribution >= 4 is 17.3 Å². The van der Waals surface area contributed by atoms with Crippen molar-refractivity contribution < 1.29 is 14.5 Å². The maximum Gasteiger partial charge on any atom is 0.271 e. The van der Waals surface area contributed by atoms with Crippen molar-refractivity contribution in [1.82, 2.24) is 4.90 Å². The molecule has 0 bridgehead atoms. The lowest BCUT2D eigenvalue weighted by Crippen LogP contribution is -2.30. The third-order valence-electron chi connectivity index (χ3n) is 3.38. The van der Waals surface area contributed by atoms with Gasteiger partial charge in [0, 0.05) is 18.7 Å². The third-order valence-corrected chi connectivity index (χ3v) is 3.38. The van der Waals surface area contributed by atoms with Gasteiger partial charge in [0.25, 0.3) is 5.69 Å². The van der Waals surface area contributed by atoms with Crippen LogP contribution < -0.4 is 10.1 Å². The van der Waals surface area contributed by atoms with E-state index in [1.807, 2.05) is 42.3 Å². The summed E-state index contributed by atoms with van der Waals surface area (Å²) in [7, 11) is 3.27. The number of hydrogen-bond acceptors (Lipinski definition) is 5. The third kappa shape index (κ3) is 4.79. The normalized spacial score (nSPS) is 10.5. The summed E-state index contributed by atoms with van der Waals surface area (Å²) in [6, 6.07) is 13.9. The zero-order chi connectivity index (χ0) is 17.5. The number of carbonyl (C=O) groups excluding carboxylic acids is 1. The van der Waals surface area contributed by atoms with Crippen molar-refractivity contribution in [2.45, 2.75) is 6.54 Å². The number of ether oxygens (including phenoxy) is 1. The highest BCUT2D eigenvalue weighted by atomic mass is 16.6. The minimum absolute atomic E-state index is 0.108. The molecule has 0 aromatic heterocycles. The van der Waals surface area contributed by atoms with Gasteiger partial charge in [-0.05, 0) is 18.7 Å². The number of likely N-dealkylation sites (N-methyl/N-ethyl adjacent to an activating group) is 1. The highest BCUT2D eigenvalue weighted by Gasteiger charge is 2.14. The quantitative estimate of drug-likeness (QED) is 0.623. The van der Waals surface area contributed by atoms with E-state index in [-0.39, 0.29) is 23.8 Å². The number of non-ortho nitro benzene ring substituents is 1. The van der Waals surface area contributed by atoms with Crippen molar-refractivity contribution in [3.8, 4) is 5.75 Å².